The van der Waals surface area contributed by atoms with Crippen LogP contribution in [-0.4, -0.2) is 22.3 Å². The van der Waals surface area contributed by atoms with Gasteiger partial charge in [0, 0.05) is 6.04 Å². The van der Waals surface area contributed by atoms with E-state index in [0.29, 0.717) is 6.42 Å². The van der Waals surface area contributed by atoms with E-state index in [1.165, 1.54) is 0 Å². The third kappa shape index (κ3) is 3.35. The lowest BCUT2D eigenvalue weighted by Gasteiger charge is -2.10. The molecule has 0 aliphatic rings. The van der Waals surface area contributed by atoms with Crippen molar-refractivity contribution in [3.8, 4) is 5.75 Å². The minimum atomic E-state index is -1.03. The quantitative estimate of drug-likeness (QED) is 0.686. The highest BCUT2D eigenvalue weighted by molar-refractivity contribution is 5.64. The summed E-state index contributed by atoms with van der Waals surface area (Å²) in [5.41, 5.74) is 0.909. The summed E-state index contributed by atoms with van der Waals surface area (Å²) in [6.07, 6.45) is -0.460. The molecule has 3 N–H and O–H groups in total. The Morgan fingerprint density at radius 3 is 2.86 bits per heavy atom. The van der Waals surface area contributed by atoms with Gasteiger partial charge in [-0.15, -0.1) is 0 Å². The summed E-state index contributed by atoms with van der Waals surface area (Å²) in [7, 11) is 0. The molecule has 1 amide bonds. The molecule has 4 heteroatoms. The Morgan fingerprint density at radius 2 is 2.29 bits per heavy atom. The molecule has 0 heterocycles. The Morgan fingerprint density at radius 1 is 1.57 bits per heavy atom. The number of amides is 1. The second-order valence-corrected chi connectivity index (χ2v) is 3.22. The van der Waals surface area contributed by atoms with Crippen LogP contribution in [0.4, 0.5) is 4.79 Å². The van der Waals surface area contributed by atoms with Crippen molar-refractivity contribution in [3.63, 3.8) is 0 Å². The smallest absolute Gasteiger partial charge is 0.404 e. The molecule has 0 bridgehead atoms. The number of phenols is 1. The lowest BCUT2D eigenvalue weighted by atomic mass is 10.1. The van der Waals surface area contributed by atoms with E-state index < -0.39 is 6.09 Å². The van der Waals surface area contributed by atoms with Gasteiger partial charge in [0.05, 0.1) is 0 Å². The number of carboxylic acid groups (broad SMARTS) is 1. The Kier molecular flexibility index (Phi) is 3.34. The van der Waals surface area contributed by atoms with Crippen molar-refractivity contribution in [3.05, 3.63) is 29.8 Å². The predicted octanol–water partition coefficient (Wildman–Crippen LogP) is 1.59. The monoisotopic (exact) mass is 195 g/mol. The number of phenolic OH excluding ortho intramolecular Hbond substituents is 1. The molecule has 0 aliphatic heterocycles. The van der Waals surface area contributed by atoms with Crippen molar-refractivity contribution in [1.29, 1.82) is 0 Å². The maximum atomic E-state index is 10.3. The topological polar surface area (TPSA) is 69.6 Å². The van der Waals surface area contributed by atoms with E-state index in [-0.39, 0.29) is 11.8 Å². The number of hydrogen-bond acceptors (Lipinski definition) is 2. The fourth-order valence-electron chi connectivity index (χ4n) is 1.30. The lowest BCUT2D eigenvalue weighted by molar-refractivity contribution is 0.190. The van der Waals surface area contributed by atoms with Crippen LogP contribution in [0.15, 0.2) is 24.3 Å². The molecule has 4 nitrogen and oxygen atoms in total. The molecular weight excluding hydrogens is 182 g/mol. The Balaban J connectivity index is 2.55. The Hall–Kier alpha value is -1.71. The first-order valence-electron chi connectivity index (χ1n) is 4.35. The number of nitrogens with one attached hydrogen (secondary N) is 1. The van der Waals surface area contributed by atoms with E-state index in [4.69, 9.17) is 5.11 Å². The first kappa shape index (κ1) is 10.4. The number of benzene rings is 1. The molecule has 0 saturated heterocycles. The van der Waals surface area contributed by atoms with Crippen LogP contribution in [0, 0.1) is 0 Å². The largest absolute Gasteiger partial charge is 0.508 e. The van der Waals surface area contributed by atoms with Crippen molar-refractivity contribution in [2.24, 2.45) is 0 Å². The zero-order valence-electron chi connectivity index (χ0n) is 7.90. The van der Waals surface area contributed by atoms with Gasteiger partial charge in [0.25, 0.3) is 0 Å². The number of rotatable bonds is 3. The standard InChI is InChI=1S/C10H13NO3/c1-7(11-10(13)14)5-8-3-2-4-9(12)6-8/h2-4,6-7,11-12H,5H2,1H3,(H,13,14)/t7-/m0/s1. The van der Waals surface area contributed by atoms with Crippen LogP contribution in [-0.2, 0) is 6.42 Å². The minimum absolute atomic E-state index is 0.158. The van der Waals surface area contributed by atoms with Crippen LogP contribution in [0.3, 0.4) is 0 Å². The van der Waals surface area contributed by atoms with Crippen LogP contribution < -0.4 is 5.32 Å². The van der Waals surface area contributed by atoms with Crippen LogP contribution in [0.2, 0.25) is 0 Å². The summed E-state index contributed by atoms with van der Waals surface area (Å²) in [4.78, 5) is 10.3. The molecule has 1 rings (SSSR count). The van der Waals surface area contributed by atoms with Gasteiger partial charge in [-0.1, -0.05) is 12.1 Å². The van der Waals surface area contributed by atoms with Gasteiger partial charge in [-0.2, -0.15) is 0 Å². The van der Waals surface area contributed by atoms with Gasteiger partial charge in [0.15, 0.2) is 0 Å². The van der Waals surface area contributed by atoms with E-state index in [2.05, 4.69) is 5.32 Å². The summed E-state index contributed by atoms with van der Waals surface area (Å²) >= 11 is 0. The maximum Gasteiger partial charge on any atom is 0.404 e. The molecule has 0 unspecified atom stereocenters. The summed E-state index contributed by atoms with van der Waals surface area (Å²) in [6.45, 7) is 1.78. The highest BCUT2D eigenvalue weighted by Crippen LogP contribution is 2.12. The summed E-state index contributed by atoms with van der Waals surface area (Å²) in [6, 6.07) is 6.63. The van der Waals surface area contributed by atoms with Crippen molar-refractivity contribution in [2.45, 2.75) is 19.4 Å². The van der Waals surface area contributed by atoms with E-state index >= 15 is 0 Å². The van der Waals surface area contributed by atoms with Crippen LogP contribution in [0.25, 0.3) is 0 Å². The van der Waals surface area contributed by atoms with Gasteiger partial charge >= 0.3 is 6.09 Å². The highest BCUT2D eigenvalue weighted by Gasteiger charge is 2.06. The van der Waals surface area contributed by atoms with Gasteiger partial charge in [0.1, 0.15) is 5.75 Å². The fourth-order valence-corrected chi connectivity index (χ4v) is 1.30. The number of hydrogen-bond donors (Lipinski definition) is 3. The normalized spacial score (nSPS) is 12.1. The summed E-state index contributed by atoms with van der Waals surface area (Å²) in [5.74, 6) is 0.199. The molecule has 0 spiro atoms. The van der Waals surface area contributed by atoms with Gasteiger partial charge in [0.2, 0.25) is 0 Å². The average molecular weight is 195 g/mol. The third-order valence-electron chi connectivity index (χ3n) is 1.82. The van der Waals surface area contributed by atoms with E-state index in [1.54, 1.807) is 25.1 Å². The van der Waals surface area contributed by atoms with Gasteiger partial charge in [-0.25, -0.2) is 4.79 Å². The van der Waals surface area contributed by atoms with E-state index in [0.717, 1.165) is 5.56 Å². The number of aromatic hydroxyl groups is 1. The predicted molar refractivity (Wildman–Crippen MR) is 52.4 cm³/mol. The molecule has 76 valence electrons. The molecule has 14 heavy (non-hydrogen) atoms. The van der Waals surface area contributed by atoms with Crippen molar-refractivity contribution >= 4 is 6.09 Å². The second-order valence-electron chi connectivity index (χ2n) is 3.22. The van der Waals surface area contributed by atoms with E-state index in [1.807, 2.05) is 6.07 Å². The molecule has 0 aromatic heterocycles. The van der Waals surface area contributed by atoms with Crippen LogP contribution in [0.1, 0.15) is 12.5 Å². The van der Waals surface area contributed by atoms with Crippen molar-refractivity contribution in [1.82, 2.24) is 5.32 Å². The van der Waals surface area contributed by atoms with Crippen molar-refractivity contribution < 1.29 is 15.0 Å². The molecule has 1 atom stereocenters. The first-order chi connectivity index (χ1) is 6.58. The zero-order valence-corrected chi connectivity index (χ0v) is 7.90. The second kappa shape index (κ2) is 4.50. The SMILES string of the molecule is C[C@@H](Cc1cccc(O)c1)NC(=O)O. The van der Waals surface area contributed by atoms with Crippen molar-refractivity contribution in [2.75, 3.05) is 0 Å². The molecule has 0 aliphatic carbocycles. The molecule has 1 aromatic rings. The lowest BCUT2D eigenvalue weighted by Crippen LogP contribution is -2.32. The Labute approximate surface area is 82.2 Å². The summed E-state index contributed by atoms with van der Waals surface area (Å²) < 4.78 is 0. The number of carbonyl (C=O) groups is 1. The molecule has 0 saturated carbocycles. The molecule has 1 aromatic carbocycles. The van der Waals surface area contributed by atoms with Crippen LogP contribution >= 0.6 is 0 Å². The Bertz CT molecular complexity index is 325. The summed E-state index contributed by atoms with van der Waals surface area (Å²) in [5, 5.41) is 20.0. The fraction of sp³-hybridized carbons (Fsp3) is 0.300. The van der Waals surface area contributed by atoms with Crippen LogP contribution in [0.5, 0.6) is 5.75 Å². The van der Waals surface area contributed by atoms with Gasteiger partial charge in [-0.3, -0.25) is 0 Å². The third-order valence-corrected chi connectivity index (χ3v) is 1.82. The van der Waals surface area contributed by atoms with Gasteiger partial charge < -0.3 is 15.5 Å². The zero-order chi connectivity index (χ0) is 10.6. The molecule has 0 radical (unpaired) electrons. The van der Waals surface area contributed by atoms with Gasteiger partial charge in [-0.05, 0) is 31.0 Å². The average Bonchev–Trinajstić information content (AvgIpc) is 2.01. The molecular formula is C10H13NO3. The highest BCUT2D eigenvalue weighted by atomic mass is 16.4. The van der Waals surface area contributed by atoms with E-state index in [9.17, 15) is 9.90 Å². The first-order valence-corrected chi connectivity index (χ1v) is 4.35. The minimum Gasteiger partial charge on any atom is -0.508 e. The molecule has 0 fully saturated rings. The maximum absolute atomic E-state index is 10.3.